The summed E-state index contributed by atoms with van der Waals surface area (Å²) in [5.74, 6) is 0.783. The maximum Gasteiger partial charge on any atom is 0.338 e. The van der Waals surface area contributed by atoms with Crippen LogP contribution in [0.1, 0.15) is 56.8 Å². The zero-order valence-corrected chi connectivity index (χ0v) is 17.4. The number of rotatable bonds is 4. The molecule has 1 saturated carbocycles. The van der Waals surface area contributed by atoms with Crippen molar-refractivity contribution in [3.05, 3.63) is 23.8 Å². The third kappa shape index (κ3) is 4.87. The molecule has 6 nitrogen and oxygen atoms in total. The molecule has 1 aromatic carbocycles. The summed E-state index contributed by atoms with van der Waals surface area (Å²) in [4.78, 5) is 37.7. The van der Waals surface area contributed by atoms with E-state index in [0.717, 1.165) is 17.7 Å². The number of nitrogens with one attached hydrogen (secondary N) is 2. The van der Waals surface area contributed by atoms with Gasteiger partial charge >= 0.3 is 5.97 Å². The molecule has 4 atom stereocenters. The second kappa shape index (κ2) is 8.99. The van der Waals surface area contributed by atoms with E-state index >= 15 is 0 Å². The fraction of sp³-hybridized carbons (Fsp3) is 0.571. The third-order valence-electron chi connectivity index (χ3n) is 5.76. The summed E-state index contributed by atoms with van der Waals surface area (Å²) in [6.45, 7) is 5.96. The molecular weight excluding hydrogens is 376 g/mol. The van der Waals surface area contributed by atoms with E-state index in [0.29, 0.717) is 35.3 Å². The SMILES string of the molecule is C[C@@H]1[C@@H](C)CCC[C@H]1NC(=O)[C@@H](C)OC(=O)c1ccc2c(c1)NC(=O)CCS2. The van der Waals surface area contributed by atoms with Crippen molar-refractivity contribution >= 4 is 35.2 Å². The molecule has 1 aliphatic heterocycles. The molecule has 2 N–H and O–H groups in total. The average molecular weight is 405 g/mol. The number of carbonyl (C=O) groups is 3. The van der Waals surface area contributed by atoms with Crippen LogP contribution in [-0.2, 0) is 14.3 Å². The second-order valence-electron chi connectivity index (χ2n) is 7.79. The number of esters is 1. The lowest BCUT2D eigenvalue weighted by atomic mass is 9.78. The van der Waals surface area contributed by atoms with Gasteiger partial charge < -0.3 is 15.4 Å². The number of anilines is 1. The highest BCUT2D eigenvalue weighted by molar-refractivity contribution is 7.99. The highest BCUT2D eigenvalue weighted by Gasteiger charge is 2.30. The van der Waals surface area contributed by atoms with Crippen molar-refractivity contribution in [1.29, 1.82) is 0 Å². The number of fused-ring (bicyclic) bond motifs is 1. The van der Waals surface area contributed by atoms with Crippen molar-refractivity contribution in [1.82, 2.24) is 5.32 Å². The van der Waals surface area contributed by atoms with E-state index in [-0.39, 0.29) is 17.9 Å². The molecule has 28 heavy (non-hydrogen) atoms. The van der Waals surface area contributed by atoms with E-state index in [4.69, 9.17) is 4.74 Å². The van der Waals surface area contributed by atoms with Crippen LogP contribution in [0.25, 0.3) is 0 Å². The quantitative estimate of drug-likeness (QED) is 0.749. The van der Waals surface area contributed by atoms with Crippen LogP contribution >= 0.6 is 11.8 Å². The summed E-state index contributed by atoms with van der Waals surface area (Å²) in [7, 11) is 0. The van der Waals surface area contributed by atoms with Crippen LogP contribution in [-0.4, -0.2) is 35.7 Å². The Morgan fingerprint density at radius 2 is 2.07 bits per heavy atom. The molecule has 0 saturated heterocycles. The van der Waals surface area contributed by atoms with Crippen LogP contribution in [0.4, 0.5) is 5.69 Å². The van der Waals surface area contributed by atoms with Crippen LogP contribution in [0, 0.1) is 11.8 Å². The van der Waals surface area contributed by atoms with Gasteiger partial charge in [0.25, 0.3) is 5.91 Å². The maximum absolute atomic E-state index is 12.5. The molecule has 1 heterocycles. The number of amides is 2. The predicted octanol–water partition coefficient (Wildman–Crippen LogP) is 3.61. The number of carbonyl (C=O) groups excluding carboxylic acids is 3. The van der Waals surface area contributed by atoms with Crippen molar-refractivity contribution in [2.45, 2.75) is 63.5 Å². The maximum atomic E-state index is 12.5. The number of hydrogen-bond acceptors (Lipinski definition) is 5. The van der Waals surface area contributed by atoms with E-state index < -0.39 is 12.1 Å². The van der Waals surface area contributed by atoms with E-state index in [9.17, 15) is 14.4 Å². The lowest BCUT2D eigenvalue weighted by Gasteiger charge is -2.35. The first-order chi connectivity index (χ1) is 13.3. The Hall–Kier alpha value is -2.02. The topological polar surface area (TPSA) is 84.5 Å². The summed E-state index contributed by atoms with van der Waals surface area (Å²) in [5, 5.41) is 5.85. The average Bonchev–Trinajstić information content (AvgIpc) is 2.85. The molecule has 0 radical (unpaired) electrons. The highest BCUT2D eigenvalue weighted by atomic mass is 32.2. The van der Waals surface area contributed by atoms with Crippen LogP contribution in [0.5, 0.6) is 0 Å². The first-order valence-electron chi connectivity index (χ1n) is 9.93. The first-order valence-corrected chi connectivity index (χ1v) is 10.9. The minimum Gasteiger partial charge on any atom is -0.449 e. The van der Waals surface area contributed by atoms with E-state index in [1.54, 1.807) is 36.9 Å². The minimum absolute atomic E-state index is 0.0691. The van der Waals surface area contributed by atoms with Gasteiger partial charge in [-0.3, -0.25) is 9.59 Å². The van der Waals surface area contributed by atoms with Gasteiger partial charge in [-0.05, 0) is 43.4 Å². The summed E-state index contributed by atoms with van der Waals surface area (Å²) < 4.78 is 5.38. The van der Waals surface area contributed by atoms with Crippen molar-refractivity contribution < 1.29 is 19.1 Å². The minimum atomic E-state index is -0.875. The summed E-state index contributed by atoms with van der Waals surface area (Å²) in [5.41, 5.74) is 0.935. The molecule has 0 aromatic heterocycles. The highest BCUT2D eigenvalue weighted by Crippen LogP contribution is 2.32. The molecule has 1 fully saturated rings. The van der Waals surface area contributed by atoms with Gasteiger partial charge in [0.1, 0.15) is 0 Å². The van der Waals surface area contributed by atoms with Crippen LogP contribution in [0.15, 0.2) is 23.1 Å². The molecule has 2 aliphatic rings. The van der Waals surface area contributed by atoms with E-state index in [1.807, 2.05) is 0 Å². The summed E-state index contributed by atoms with van der Waals surface area (Å²) in [6.07, 6.45) is 2.81. The van der Waals surface area contributed by atoms with Gasteiger partial charge in [0.05, 0.1) is 11.3 Å². The Morgan fingerprint density at radius 3 is 2.86 bits per heavy atom. The Balaban J connectivity index is 1.61. The fourth-order valence-electron chi connectivity index (χ4n) is 3.71. The number of ether oxygens (including phenoxy) is 1. The smallest absolute Gasteiger partial charge is 0.338 e. The van der Waals surface area contributed by atoms with Crippen LogP contribution < -0.4 is 10.6 Å². The van der Waals surface area contributed by atoms with Crippen molar-refractivity contribution in [3.8, 4) is 0 Å². The standard InChI is InChI=1S/C21H28N2O4S/c1-12-5-4-6-16(13(12)2)23-20(25)14(3)27-21(26)15-7-8-18-17(11-15)22-19(24)9-10-28-18/h7-8,11-14,16H,4-6,9-10H2,1-3H3,(H,22,24)(H,23,25)/t12-,13+,14+,16+/m0/s1. The Labute approximate surface area is 170 Å². The molecule has 7 heteroatoms. The summed E-state index contributed by atoms with van der Waals surface area (Å²) in [6, 6.07) is 5.21. The molecule has 1 aromatic rings. The zero-order chi connectivity index (χ0) is 20.3. The van der Waals surface area contributed by atoms with Gasteiger partial charge in [-0.15, -0.1) is 11.8 Å². The molecule has 0 bridgehead atoms. The van der Waals surface area contributed by atoms with Gasteiger partial charge in [-0.2, -0.15) is 0 Å². The van der Waals surface area contributed by atoms with E-state index in [2.05, 4.69) is 24.5 Å². The molecule has 3 rings (SSSR count). The van der Waals surface area contributed by atoms with Gasteiger partial charge in [0, 0.05) is 23.1 Å². The van der Waals surface area contributed by atoms with Crippen molar-refractivity contribution in [2.75, 3.05) is 11.1 Å². The largest absolute Gasteiger partial charge is 0.449 e. The molecule has 2 amide bonds. The third-order valence-corrected chi connectivity index (χ3v) is 6.84. The van der Waals surface area contributed by atoms with E-state index in [1.165, 1.54) is 6.42 Å². The number of thioether (sulfide) groups is 1. The molecular formula is C21H28N2O4S. The molecule has 0 unspecified atom stereocenters. The lowest BCUT2D eigenvalue weighted by Crippen LogP contribution is -2.47. The van der Waals surface area contributed by atoms with Gasteiger partial charge in [0.15, 0.2) is 6.10 Å². The Kier molecular flexibility index (Phi) is 6.65. The zero-order valence-electron chi connectivity index (χ0n) is 16.6. The van der Waals surface area contributed by atoms with Crippen molar-refractivity contribution in [3.63, 3.8) is 0 Å². The molecule has 1 aliphatic carbocycles. The normalized spacial score (nSPS) is 25.7. The van der Waals surface area contributed by atoms with Gasteiger partial charge in [-0.1, -0.05) is 26.7 Å². The van der Waals surface area contributed by atoms with Crippen molar-refractivity contribution in [2.24, 2.45) is 11.8 Å². The lowest BCUT2D eigenvalue weighted by molar-refractivity contribution is -0.130. The first kappa shape index (κ1) is 20.7. The number of hydrogen-bond donors (Lipinski definition) is 2. The van der Waals surface area contributed by atoms with Crippen LogP contribution in [0.2, 0.25) is 0 Å². The Morgan fingerprint density at radius 1 is 1.29 bits per heavy atom. The van der Waals surface area contributed by atoms with Gasteiger partial charge in [-0.25, -0.2) is 4.79 Å². The molecule has 0 spiro atoms. The molecule has 152 valence electrons. The predicted molar refractivity (Wildman–Crippen MR) is 109 cm³/mol. The van der Waals surface area contributed by atoms with Gasteiger partial charge in [0.2, 0.25) is 5.91 Å². The Bertz CT molecular complexity index is 767. The fourth-order valence-corrected chi connectivity index (χ4v) is 4.65. The summed E-state index contributed by atoms with van der Waals surface area (Å²) >= 11 is 1.57. The monoisotopic (exact) mass is 404 g/mol. The number of benzene rings is 1. The second-order valence-corrected chi connectivity index (χ2v) is 8.92. The van der Waals surface area contributed by atoms with Crippen LogP contribution in [0.3, 0.4) is 0 Å².